The van der Waals surface area contributed by atoms with Crippen LogP contribution in [0.2, 0.25) is 0 Å². The lowest BCUT2D eigenvalue weighted by molar-refractivity contribution is -0.147. The predicted molar refractivity (Wildman–Crippen MR) is 112 cm³/mol. The van der Waals surface area contributed by atoms with Crippen molar-refractivity contribution in [1.29, 1.82) is 0 Å². The molecule has 2 aromatic carbocycles. The third kappa shape index (κ3) is 3.09. The number of hydrogen-bond donors (Lipinski definition) is 2. The number of aliphatic carboxylic acids is 1. The SMILES string of the molecule is CC(C)c1c([C@H]2CO[C@H](C(=O)O)C2)c2cc3[nH]ncc3cc2n1-c1ccc(F)c(F)c1. The Bertz CT molecular complexity index is 1320. The highest BCUT2D eigenvalue weighted by Gasteiger charge is 2.36. The number of nitrogens with one attached hydrogen (secondary N) is 1. The van der Waals surface area contributed by atoms with E-state index in [4.69, 9.17) is 4.74 Å². The van der Waals surface area contributed by atoms with Crippen LogP contribution in [0.3, 0.4) is 0 Å². The summed E-state index contributed by atoms with van der Waals surface area (Å²) in [5.74, 6) is -2.90. The van der Waals surface area contributed by atoms with Crippen molar-refractivity contribution in [2.75, 3.05) is 6.61 Å². The maximum Gasteiger partial charge on any atom is 0.332 e. The van der Waals surface area contributed by atoms with Gasteiger partial charge >= 0.3 is 5.97 Å². The summed E-state index contributed by atoms with van der Waals surface area (Å²) in [5, 5.41) is 18.3. The Balaban J connectivity index is 1.83. The molecule has 3 heterocycles. The fraction of sp³-hybridized carbons (Fsp3) is 0.304. The number of rotatable bonds is 4. The highest BCUT2D eigenvalue weighted by Crippen LogP contribution is 2.43. The van der Waals surface area contributed by atoms with Gasteiger partial charge in [0.1, 0.15) is 0 Å². The van der Waals surface area contributed by atoms with E-state index in [2.05, 4.69) is 10.2 Å². The van der Waals surface area contributed by atoms with E-state index in [1.807, 2.05) is 30.5 Å². The molecule has 0 spiro atoms. The van der Waals surface area contributed by atoms with Gasteiger partial charge in [-0.2, -0.15) is 5.10 Å². The average molecular weight is 425 g/mol. The molecule has 4 aromatic rings. The molecule has 0 bridgehead atoms. The number of carboxylic acid groups (broad SMARTS) is 1. The number of fused-ring (bicyclic) bond motifs is 2. The molecule has 2 atom stereocenters. The van der Waals surface area contributed by atoms with Crippen molar-refractivity contribution in [3.63, 3.8) is 0 Å². The number of hydrogen-bond acceptors (Lipinski definition) is 3. The number of ether oxygens (including phenoxy) is 1. The molecule has 5 rings (SSSR count). The molecule has 0 aliphatic carbocycles. The van der Waals surface area contributed by atoms with Crippen molar-refractivity contribution in [2.45, 2.75) is 38.2 Å². The van der Waals surface area contributed by atoms with Crippen molar-refractivity contribution in [1.82, 2.24) is 14.8 Å². The summed E-state index contributed by atoms with van der Waals surface area (Å²) in [6.07, 6.45) is 1.21. The topological polar surface area (TPSA) is 80.1 Å². The van der Waals surface area contributed by atoms with E-state index in [1.54, 1.807) is 12.3 Å². The Morgan fingerprint density at radius 2 is 2.06 bits per heavy atom. The summed E-state index contributed by atoms with van der Waals surface area (Å²) in [6.45, 7) is 4.35. The van der Waals surface area contributed by atoms with Gasteiger partial charge in [-0.3, -0.25) is 5.10 Å². The Hall–Kier alpha value is -3.26. The summed E-state index contributed by atoms with van der Waals surface area (Å²) in [6, 6.07) is 7.82. The Labute approximate surface area is 176 Å². The lowest BCUT2D eigenvalue weighted by Crippen LogP contribution is -2.18. The zero-order chi connectivity index (χ0) is 21.9. The van der Waals surface area contributed by atoms with Crippen LogP contribution >= 0.6 is 0 Å². The van der Waals surface area contributed by atoms with Gasteiger partial charge in [-0.25, -0.2) is 13.6 Å². The van der Waals surface area contributed by atoms with Gasteiger partial charge in [-0.05, 0) is 42.2 Å². The number of halogens is 2. The molecule has 31 heavy (non-hydrogen) atoms. The Kier molecular flexibility index (Phi) is 4.55. The molecule has 1 aliphatic heterocycles. The molecule has 6 nitrogen and oxygen atoms in total. The Morgan fingerprint density at radius 3 is 2.74 bits per heavy atom. The minimum Gasteiger partial charge on any atom is -0.479 e. The van der Waals surface area contributed by atoms with Gasteiger partial charge in [0, 0.05) is 34.1 Å². The van der Waals surface area contributed by atoms with Crippen molar-refractivity contribution in [2.24, 2.45) is 0 Å². The first-order valence-electron chi connectivity index (χ1n) is 10.2. The normalized spacial score (nSPS) is 19.1. The van der Waals surface area contributed by atoms with Crippen LogP contribution < -0.4 is 0 Å². The van der Waals surface area contributed by atoms with Gasteiger partial charge in [0.15, 0.2) is 17.7 Å². The van der Waals surface area contributed by atoms with Gasteiger partial charge in [-0.15, -0.1) is 0 Å². The molecule has 160 valence electrons. The number of nitrogens with zero attached hydrogens (tertiary/aromatic N) is 2. The monoisotopic (exact) mass is 425 g/mol. The summed E-state index contributed by atoms with van der Waals surface area (Å²) in [5.41, 5.74) is 4.10. The second-order valence-electron chi connectivity index (χ2n) is 8.31. The number of carboxylic acids is 1. The van der Waals surface area contributed by atoms with Crippen LogP contribution in [0.5, 0.6) is 0 Å². The van der Waals surface area contributed by atoms with Crippen LogP contribution in [-0.2, 0) is 9.53 Å². The van der Waals surface area contributed by atoms with Crippen LogP contribution in [0.25, 0.3) is 27.5 Å². The lowest BCUT2D eigenvalue weighted by atomic mass is 9.90. The molecule has 2 aromatic heterocycles. The summed E-state index contributed by atoms with van der Waals surface area (Å²) in [7, 11) is 0. The number of H-pyrrole nitrogens is 1. The smallest absolute Gasteiger partial charge is 0.332 e. The van der Waals surface area contributed by atoms with Crippen molar-refractivity contribution < 1.29 is 23.4 Å². The zero-order valence-corrected chi connectivity index (χ0v) is 17.0. The second-order valence-corrected chi connectivity index (χ2v) is 8.31. The van der Waals surface area contributed by atoms with Gasteiger partial charge in [0.2, 0.25) is 0 Å². The second kappa shape index (κ2) is 7.16. The minimum absolute atomic E-state index is 0.0378. The lowest BCUT2D eigenvalue weighted by Gasteiger charge is -2.18. The van der Waals surface area contributed by atoms with Crippen molar-refractivity contribution in [3.8, 4) is 5.69 Å². The number of aromatic amines is 1. The molecule has 0 amide bonds. The number of aromatic nitrogens is 3. The average Bonchev–Trinajstić information content (AvgIpc) is 3.44. The summed E-state index contributed by atoms with van der Waals surface area (Å²) < 4.78 is 35.3. The quantitative estimate of drug-likeness (QED) is 0.489. The van der Waals surface area contributed by atoms with Gasteiger partial charge < -0.3 is 14.4 Å². The maximum absolute atomic E-state index is 14.2. The zero-order valence-electron chi connectivity index (χ0n) is 17.0. The minimum atomic E-state index is -0.978. The standard InChI is InChI=1S/C23H21F2N3O3/c1-11(2)22-21(13-6-20(23(29)30)31-10-13)15-8-18-12(9-26-27-18)5-19(15)28(22)14-3-4-16(24)17(25)7-14/h3-5,7-9,11,13,20H,6,10H2,1-2H3,(H,26,27)(H,29,30)/t13-,20+/m1/s1. The van der Waals surface area contributed by atoms with Crippen LogP contribution in [0, 0.1) is 11.6 Å². The van der Waals surface area contributed by atoms with Crippen molar-refractivity contribution in [3.05, 3.63) is 59.4 Å². The third-order valence-corrected chi connectivity index (χ3v) is 5.99. The maximum atomic E-state index is 14.2. The van der Waals surface area contributed by atoms with Gasteiger partial charge in [0.05, 0.1) is 23.8 Å². The Morgan fingerprint density at radius 1 is 1.26 bits per heavy atom. The fourth-order valence-electron chi connectivity index (χ4n) is 4.67. The van der Waals surface area contributed by atoms with Crippen LogP contribution in [0.4, 0.5) is 8.78 Å². The molecule has 0 unspecified atom stereocenters. The number of benzene rings is 2. The van der Waals surface area contributed by atoms with E-state index in [-0.39, 0.29) is 18.4 Å². The molecule has 0 saturated carbocycles. The molecule has 1 saturated heterocycles. The van der Waals surface area contributed by atoms with Crippen LogP contribution in [0.1, 0.15) is 43.4 Å². The molecular weight excluding hydrogens is 404 g/mol. The highest BCUT2D eigenvalue weighted by molar-refractivity contribution is 5.99. The van der Waals surface area contributed by atoms with Crippen molar-refractivity contribution >= 4 is 27.8 Å². The first kappa shape index (κ1) is 19.7. The van der Waals surface area contributed by atoms with E-state index in [1.165, 1.54) is 6.07 Å². The molecule has 2 N–H and O–H groups in total. The van der Waals surface area contributed by atoms with E-state index >= 15 is 0 Å². The van der Waals surface area contributed by atoms with Gasteiger partial charge in [-0.1, -0.05) is 13.8 Å². The molecule has 1 aliphatic rings. The van der Waals surface area contributed by atoms with E-state index in [0.717, 1.165) is 39.1 Å². The fourth-order valence-corrected chi connectivity index (χ4v) is 4.67. The largest absolute Gasteiger partial charge is 0.479 e. The first-order chi connectivity index (χ1) is 14.8. The molecule has 1 fully saturated rings. The molecule has 8 heteroatoms. The molecular formula is C23H21F2N3O3. The van der Waals surface area contributed by atoms with E-state index < -0.39 is 23.7 Å². The summed E-state index contributed by atoms with van der Waals surface area (Å²) in [4.78, 5) is 11.5. The van der Waals surface area contributed by atoms with E-state index in [9.17, 15) is 18.7 Å². The first-order valence-corrected chi connectivity index (χ1v) is 10.2. The van der Waals surface area contributed by atoms with Gasteiger partial charge in [0.25, 0.3) is 0 Å². The highest BCUT2D eigenvalue weighted by atomic mass is 19.2. The predicted octanol–water partition coefficient (Wildman–Crippen LogP) is 4.87. The van der Waals surface area contributed by atoms with E-state index in [0.29, 0.717) is 12.1 Å². The van der Waals surface area contributed by atoms with Crippen LogP contribution in [-0.4, -0.2) is 38.6 Å². The summed E-state index contributed by atoms with van der Waals surface area (Å²) >= 11 is 0. The van der Waals surface area contributed by atoms with Crippen LogP contribution in [0.15, 0.2) is 36.5 Å². The third-order valence-electron chi connectivity index (χ3n) is 5.99. The molecule has 0 radical (unpaired) electrons. The number of carbonyl (C=O) groups is 1.